The van der Waals surface area contributed by atoms with Crippen LogP contribution in [0.4, 0.5) is 0 Å². The fraction of sp³-hybridized carbons (Fsp3) is 0.500. The van der Waals surface area contributed by atoms with E-state index < -0.39 is 0 Å². The van der Waals surface area contributed by atoms with Gasteiger partial charge in [-0.05, 0) is 49.9 Å². The van der Waals surface area contributed by atoms with E-state index in [9.17, 15) is 0 Å². The summed E-state index contributed by atoms with van der Waals surface area (Å²) in [6.45, 7) is 2.26. The molecule has 2 rings (SSSR count). The molecule has 1 nitrogen and oxygen atoms in total. The van der Waals surface area contributed by atoms with Crippen LogP contribution in [0.15, 0.2) is 18.2 Å². The predicted molar refractivity (Wildman–Crippen MR) is 65.8 cm³/mol. The van der Waals surface area contributed by atoms with Gasteiger partial charge in [0, 0.05) is 0 Å². The summed E-state index contributed by atoms with van der Waals surface area (Å²) in [5.41, 5.74) is 1.19. The third-order valence-electron chi connectivity index (χ3n) is 3.00. The van der Waals surface area contributed by atoms with Crippen LogP contribution in [-0.4, -0.2) is 13.1 Å². The van der Waals surface area contributed by atoms with Gasteiger partial charge in [-0.1, -0.05) is 35.3 Å². The smallest absolute Gasteiger partial charge is 0.0624 e. The van der Waals surface area contributed by atoms with Crippen molar-refractivity contribution in [1.82, 2.24) is 5.32 Å². The molecular formula is C12H15Cl2N. The number of nitrogens with one attached hydrogen (secondary N) is 1. The summed E-state index contributed by atoms with van der Waals surface area (Å²) < 4.78 is 0. The minimum Gasteiger partial charge on any atom is -0.317 e. The lowest BCUT2D eigenvalue weighted by atomic mass is 9.91. The second-order valence-electron chi connectivity index (χ2n) is 4.11. The summed E-state index contributed by atoms with van der Waals surface area (Å²) in [4.78, 5) is 0. The Bertz CT molecular complexity index is 332. The average molecular weight is 244 g/mol. The largest absolute Gasteiger partial charge is 0.317 e. The molecule has 0 unspecified atom stereocenters. The minimum atomic E-state index is 0.670. The van der Waals surface area contributed by atoms with E-state index in [1.807, 2.05) is 12.1 Å². The number of halogens is 2. The Balaban J connectivity index is 2.06. The van der Waals surface area contributed by atoms with Gasteiger partial charge in [0.2, 0.25) is 0 Å². The van der Waals surface area contributed by atoms with Crippen LogP contribution in [0.1, 0.15) is 18.4 Å². The molecule has 1 aliphatic heterocycles. The molecule has 1 fully saturated rings. The Morgan fingerprint density at radius 2 is 1.93 bits per heavy atom. The topological polar surface area (TPSA) is 12.0 Å². The van der Waals surface area contributed by atoms with Gasteiger partial charge in [0.15, 0.2) is 0 Å². The fourth-order valence-corrected chi connectivity index (χ4v) is 2.50. The molecule has 1 heterocycles. The van der Waals surface area contributed by atoms with Crippen molar-refractivity contribution < 1.29 is 0 Å². The van der Waals surface area contributed by atoms with Crippen molar-refractivity contribution in [3.63, 3.8) is 0 Å². The van der Waals surface area contributed by atoms with Crippen LogP contribution in [0.5, 0.6) is 0 Å². The van der Waals surface area contributed by atoms with Gasteiger partial charge in [-0.15, -0.1) is 0 Å². The fourth-order valence-electron chi connectivity index (χ4n) is 2.10. The maximum Gasteiger partial charge on any atom is 0.0624 e. The first kappa shape index (κ1) is 11.3. The number of piperidine rings is 1. The molecule has 0 aromatic heterocycles. The van der Waals surface area contributed by atoms with Crippen molar-refractivity contribution in [3.8, 4) is 0 Å². The first-order valence-corrected chi connectivity index (χ1v) is 6.16. The van der Waals surface area contributed by atoms with Gasteiger partial charge < -0.3 is 5.32 Å². The van der Waals surface area contributed by atoms with Crippen molar-refractivity contribution in [2.45, 2.75) is 19.3 Å². The quantitative estimate of drug-likeness (QED) is 0.839. The third-order valence-corrected chi connectivity index (χ3v) is 3.86. The summed E-state index contributed by atoms with van der Waals surface area (Å²) in [6.07, 6.45) is 3.53. The van der Waals surface area contributed by atoms with Gasteiger partial charge in [0.25, 0.3) is 0 Å². The van der Waals surface area contributed by atoms with E-state index in [0.717, 1.165) is 30.5 Å². The van der Waals surface area contributed by atoms with Crippen molar-refractivity contribution >= 4 is 23.2 Å². The minimum absolute atomic E-state index is 0.670. The van der Waals surface area contributed by atoms with E-state index in [0.29, 0.717) is 5.02 Å². The maximum atomic E-state index is 6.16. The van der Waals surface area contributed by atoms with E-state index in [1.165, 1.54) is 18.4 Å². The highest BCUT2D eigenvalue weighted by molar-refractivity contribution is 6.42. The first-order valence-electron chi connectivity index (χ1n) is 5.41. The van der Waals surface area contributed by atoms with Gasteiger partial charge in [0.1, 0.15) is 0 Å². The molecule has 1 aliphatic rings. The Kier molecular flexibility index (Phi) is 3.90. The second-order valence-corrected chi connectivity index (χ2v) is 4.90. The molecule has 0 aliphatic carbocycles. The number of hydrogen-bond donors (Lipinski definition) is 1. The molecule has 1 aromatic carbocycles. The first-order chi connectivity index (χ1) is 7.27. The van der Waals surface area contributed by atoms with Crippen LogP contribution in [0.25, 0.3) is 0 Å². The monoisotopic (exact) mass is 243 g/mol. The molecule has 15 heavy (non-hydrogen) atoms. The Morgan fingerprint density at radius 1 is 1.20 bits per heavy atom. The van der Waals surface area contributed by atoms with Crippen LogP contribution < -0.4 is 5.32 Å². The molecule has 0 bridgehead atoms. The van der Waals surface area contributed by atoms with Crippen LogP contribution in [0, 0.1) is 5.92 Å². The average Bonchev–Trinajstić information content (AvgIpc) is 2.26. The van der Waals surface area contributed by atoms with Crippen molar-refractivity contribution in [2.75, 3.05) is 13.1 Å². The number of rotatable bonds is 2. The van der Waals surface area contributed by atoms with Crippen LogP contribution in [0.3, 0.4) is 0 Å². The lowest BCUT2D eigenvalue weighted by Crippen LogP contribution is -2.28. The summed E-state index contributed by atoms with van der Waals surface area (Å²) in [6, 6.07) is 5.90. The maximum absolute atomic E-state index is 6.16. The van der Waals surface area contributed by atoms with E-state index in [-0.39, 0.29) is 0 Å². The lowest BCUT2D eigenvalue weighted by Gasteiger charge is -2.23. The zero-order chi connectivity index (χ0) is 10.7. The Labute approximate surface area is 101 Å². The standard InChI is InChI=1S/C12H15Cl2N/c13-11-3-1-2-10(12(11)14)8-9-4-6-15-7-5-9/h1-3,9,15H,4-8H2. The van der Waals surface area contributed by atoms with E-state index in [4.69, 9.17) is 23.2 Å². The highest BCUT2D eigenvalue weighted by atomic mass is 35.5. The molecule has 82 valence electrons. The molecule has 0 radical (unpaired) electrons. The van der Waals surface area contributed by atoms with Crippen molar-refractivity contribution in [2.24, 2.45) is 5.92 Å². The zero-order valence-corrected chi connectivity index (χ0v) is 10.1. The molecule has 1 saturated heterocycles. The van der Waals surface area contributed by atoms with Gasteiger partial charge in [-0.2, -0.15) is 0 Å². The van der Waals surface area contributed by atoms with Gasteiger partial charge in [-0.25, -0.2) is 0 Å². The van der Waals surface area contributed by atoms with Crippen LogP contribution in [0.2, 0.25) is 10.0 Å². The molecular weight excluding hydrogens is 229 g/mol. The van der Waals surface area contributed by atoms with Gasteiger partial charge in [0.05, 0.1) is 10.0 Å². The van der Waals surface area contributed by atoms with Crippen LogP contribution in [-0.2, 0) is 6.42 Å². The third kappa shape index (κ3) is 2.87. The molecule has 0 atom stereocenters. The number of hydrogen-bond acceptors (Lipinski definition) is 1. The van der Waals surface area contributed by atoms with E-state index in [1.54, 1.807) is 0 Å². The normalized spacial score (nSPS) is 18.0. The van der Waals surface area contributed by atoms with Crippen molar-refractivity contribution in [1.29, 1.82) is 0 Å². The molecule has 0 amide bonds. The Morgan fingerprint density at radius 3 is 2.67 bits per heavy atom. The highest BCUT2D eigenvalue weighted by Gasteiger charge is 2.15. The van der Waals surface area contributed by atoms with E-state index >= 15 is 0 Å². The summed E-state index contributed by atoms with van der Waals surface area (Å²) in [5, 5.41) is 4.77. The zero-order valence-electron chi connectivity index (χ0n) is 8.60. The predicted octanol–water partition coefficient (Wildman–Crippen LogP) is 3.54. The molecule has 3 heteroatoms. The summed E-state index contributed by atoms with van der Waals surface area (Å²) in [7, 11) is 0. The molecule has 0 saturated carbocycles. The van der Waals surface area contributed by atoms with Crippen molar-refractivity contribution in [3.05, 3.63) is 33.8 Å². The second kappa shape index (κ2) is 5.20. The Hall–Kier alpha value is -0.240. The summed E-state index contributed by atoms with van der Waals surface area (Å²) in [5.74, 6) is 0.752. The molecule has 0 spiro atoms. The molecule has 1 N–H and O–H groups in total. The SMILES string of the molecule is Clc1cccc(CC2CCNCC2)c1Cl. The van der Waals surface area contributed by atoms with Gasteiger partial charge >= 0.3 is 0 Å². The van der Waals surface area contributed by atoms with E-state index in [2.05, 4.69) is 11.4 Å². The summed E-state index contributed by atoms with van der Waals surface area (Å²) >= 11 is 12.2. The number of benzene rings is 1. The lowest BCUT2D eigenvalue weighted by molar-refractivity contribution is 0.373. The highest BCUT2D eigenvalue weighted by Crippen LogP contribution is 2.29. The van der Waals surface area contributed by atoms with Crippen LogP contribution >= 0.6 is 23.2 Å². The molecule has 1 aromatic rings. The van der Waals surface area contributed by atoms with Gasteiger partial charge in [-0.3, -0.25) is 0 Å².